The van der Waals surface area contributed by atoms with Crippen LogP contribution in [0.4, 0.5) is 0 Å². The minimum absolute atomic E-state index is 0.0376. The van der Waals surface area contributed by atoms with Gasteiger partial charge in [-0.25, -0.2) is 0 Å². The van der Waals surface area contributed by atoms with Crippen molar-refractivity contribution < 1.29 is 4.79 Å². The molecule has 7 heteroatoms. The molecular weight excluding hydrogens is 244 g/mol. The van der Waals surface area contributed by atoms with Gasteiger partial charge in [-0.05, 0) is 36.6 Å². The number of carbonyl (C=O) groups excluding carboxylic acids is 1. The van der Waals surface area contributed by atoms with E-state index in [-0.39, 0.29) is 5.91 Å². The van der Waals surface area contributed by atoms with Gasteiger partial charge in [0.2, 0.25) is 5.82 Å². The van der Waals surface area contributed by atoms with Crippen LogP contribution < -0.4 is 0 Å². The summed E-state index contributed by atoms with van der Waals surface area (Å²) in [5.74, 6) is 0.434. The van der Waals surface area contributed by atoms with Crippen LogP contribution in [0.15, 0.2) is 18.3 Å². The summed E-state index contributed by atoms with van der Waals surface area (Å²) in [6.07, 6.45) is 4.96. The lowest BCUT2D eigenvalue weighted by molar-refractivity contribution is 0.0646. The van der Waals surface area contributed by atoms with Gasteiger partial charge in [0, 0.05) is 24.8 Å². The van der Waals surface area contributed by atoms with Crippen molar-refractivity contribution in [2.75, 3.05) is 7.05 Å². The molecule has 1 amide bonds. The van der Waals surface area contributed by atoms with Crippen LogP contribution >= 0.6 is 0 Å². The van der Waals surface area contributed by atoms with Crippen LogP contribution in [-0.2, 0) is 0 Å². The molecule has 1 fully saturated rings. The van der Waals surface area contributed by atoms with Crippen molar-refractivity contribution in [2.24, 2.45) is 0 Å². The molecule has 7 nitrogen and oxygen atoms in total. The maximum atomic E-state index is 12.2. The maximum absolute atomic E-state index is 12.2. The van der Waals surface area contributed by atoms with E-state index in [0.717, 1.165) is 18.4 Å². The molecule has 0 bridgehead atoms. The number of carbonyl (C=O) groups is 1. The number of pyridine rings is 1. The smallest absolute Gasteiger partial charge is 0.272 e. The zero-order valence-corrected chi connectivity index (χ0v) is 10.6. The highest BCUT2D eigenvalue weighted by Crippen LogP contribution is 2.24. The lowest BCUT2D eigenvalue weighted by Crippen LogP contribution is -2.41. The number of aromatic amines is 1. The van der Waals surface area contributed by atoms with Gasteiger partial charge in [0.1, 0.15) is 5.69 Å². The largest absolute Gasteiger partial charge is 0.337 e. The van der Waals surface area contributed by atoms with Crippen LogP contribution in [0, 0.1) is 0 Å². The van der Waals surface area contributed by atoms with Gasteiger partial charge in [-0.1, -0.05) is 0 Å². The summed E-state index contributed by atoms with van der Waals surface area (Å²) < 4.78 is 0. The molecule has 1 aliphatic carbocycles. The molecule has 0 aliphatic heterocycles. The first kappa shape index (κ1) is 11.8. The maximum Gasteiger partial charge on any atom is 0.272 e. The second-order valence-electron chi connectivity index (χ2n) is 4.67. The zero-order chi connectivity index (χ0) is 13.2. The molecule has 19 heavy (non-hydrogen) atoms. The molecule has 2 aromatic rings. The Morgan fingerprint density at radius 3 is 2.79 bits per heavy atom. The van der Waals surface area contributed by atoms with Crippen molar-refractivity contribution >= 4 is 5.91 Å². The molecule has 0 spiro atoms. The average Bonchev–Trinajstić information content (AvgIpc) is 2.90. The van der Waals surface area contributed by atoms with Crippen molar-refractivity contribution in [1.29, 1.82) is 0 Å². The van der Waals surface area contributed by atoms with Crippen LogP contribution in [0.2, 0.25) is 0 Å². The Morgan fingerprint density at radius 1 is 1.42 bits per heavy atom. The summed E-state index contributed by atoms with van der Waals surface area (Å²) in [5.41, 5.74) is 1.18. The normalized spacial score (nSPS) is 15.0. The first-order chi connectivity index (χ1) is 9.25. The highest BCUT2D eigenvalue weighted by atomic mass is 16.2. The van der Waals surface area contributed by atoms with Crippen molar-refractivity contribution in [3.63, 3.8) is 0 Å². The van der Waals surface area contributed by atoms with Crippen molar-refractivity contribution in [2.45, 2.75) is 25.3 Å². The van der Waals surface area contributed by atoms with Gasteiger partial charge >= 0.3 is 0 Å². The molecule has 0 radical (unpaired) electrons. The second-order valence-corrected chi connectivity index (χ2v) is 4.67. The lowest BCUT2D eigenvalue weighted by atomic mass is 9.91. The standard InChI is InChI=1S/C12H14N6O/c1-18(9-3-2-4-9)12(19)10-6-5-8(7-13-10)11-14-16-17-15-11/h5-7,9H,2-4H2,1H3,(H,14,15,16,17). The van der Waals surface area contributed by atoms with Crippen molar-refractivity contribution in [3.05, 3.63) is 24.0 Å². The van der Waals surface area contributed by atoms with Gasteiger partial charge in [-0.3, -0.25) is 9.78 Å². The minimum atomic E-state index is -0.0376. The fourth-order valence-electron chi connectivity index (χ4n) is 2.06. The molecule has 1 N–H and O–H groups in total. The number of tetrazole rings is 1. The summed E-state index contributed by atoms with van der Waals surface area (Å²) in [6.45, 7) is 0. The van der Waals surface area contributed by atoms with E-state index in [1.165, 1.54) is 6.42 Å². The summed E-state index contributed by atoms with van der Waals surface area (Å²) in [7, 11) is 1.83. The van der Waals surface area contributed by atoms with Gasteiger partial charge in [-0.2, -0.15) is 5.21 Å². The van der Waals surface area contributed by atoms with E-state index < -0.39 is 0 Å². The van der Waals surface area contributed by atoms with Crippen molar-refractivity contribution in [1.82, 2.24) is 30.5 Å². The van der Waals surface area contributed by atoms with Crippen LogP contribution in [0.25, 0.3) is 11.4 Å². The number of hydrogen-bond donors (Lipinski definition) is 1. The van der Waals surface area contributed by atoms with Crippen LogP contribution in [-0.4, -0.2) is 49.5 Å². The van der Waals surface area contributed by atoms with E-state index in [0.29, 0.717) is 17.6 Å². The predicted octanol–water partition coefficient (Wildman–Crippen LogP) is 0.886. The SMILES string of the molecule is CN(C(=O)c1ccc(-c2nn[nH]n2)cn1)C1CCC1. The molecule has 0 aromatic carbocycles. The lowest BCUT2D eigenvalue weighted by Gasteiger charge is -2.34. The number of nitrogens with one attached hydrogen (secondary N) is 1. The fraction of sp³-hybridized carbons (Fsp3) is 0.417. The van der Waals surface area contributed by atoms with Crippen LogP contribution in [0.5, 0.6) is 0 Å². The Balaban J connectivity index is 1.76. The van der Waals surface area contributed by atoms with E-state index in [9.17, 15) is 4.79 Å². The molecule has 2 heterocycles. The van der Waals surface area contributed by atoms with Gasteiger partial charge < -0.3 is 4.90 Å². The Morgan fingerprint density at radius 2 is 2.26 bits per heavy atom. The molecule has 0 atom stereocenters. The number of rotatable bonds is 3. The highest BCUT2D eigenvalue weighted by Gasteiger charge is 2.26. The van der Waals surface area contributed by atoms with E-state index in [2.05, 4.69) is 25.6 Å². The fourth-order valence-corrected chi connectivity index (χ4v) is 2.06. The first-order valence-electron chi connectivity index (χ1n) is 6.23. The van der Waals surface area contributed by atoms with E-state index in [1.54, 1.807) is 23.2 Å². The van der Waals surface area contributed by atoms with Gasteiger partial charge in [0.25, 0.3) is 5.91 Å². The Bertz CT molecular complexity index is 560. The van der Waals surface area contributed by atoms with Gasteiger partial charge in [0.15, 0.2) is 0 Å². The summed E-state index contributed by atoms with van der Waals surface area (Å²) >= 11 is 0. The van der Waals surface area contributed by atoms with E-state index in [1.807, 2.05) is 7.05 Å². The number of nitrogens with zero attached hydrogens (tertiary/aromatic N) is 5. The third kappa shape index (κ3) is 2.18. The quantitative estimate of drug-likeness (QED) is 0.883. The number of H-pyrrole nitrogens is 1. The predicted molar refractivity (Wildman–Crippen MR) is 67.1 cm³/mol. The van der Waals surface area contributed by atoms with E-state index in [4.69, 9.17) is 0 Å². The van der Waals surface area contributed by atoms with Gasteiger partial charge in [-0.15, -0.1) is 10.2 Å². The van der Waals surface area contributed by atoms with E-state index >= 15 is 0 Å². The third-order valence-electron chi connectivity index (χ3n) is 3.53. The third-order valence-corrected chi connectivity index (χ3v) is 3.53. The molecule has 0 unspecified atom stereocenters. The highest BCUT2D eigenvalue weighted by molar-refractivity contribution is 5.92. The average molecular weight is 258 g/mol. The topological polar surface area (TPSA) is 87.7 Å². The molecule has 2 aromatic heterocycles. The van der Waals surface area contributed by atoms with Crippen molar-refractivity contribution in [3.8, 4) is 11.4 Å². The molecular formula is C12H14N6O. The molecule has 1 aliphatic rings. The molecule has 98 valence electrons. The molecule has 0 saturated heterocycles. The zero-order valence-electron chi connectivity index (χ0n) is 10.6. The molecule has 1 saturated carbocycles. The second kappa shape index (κ2) is 4.75. The van der Waals surface area contributed by atoms with Crippen LogP contribution in [0.3, 0.4) is 0 Å². The Kier molecular flexibility index (Phi) is 2.94. The minimum Gasteiger partial charge on any atom is -0.337 e. The number of hydrogen-bond acceptors (Lipinski definition) is 5. The Hall–Kier alpha value is -2.31. The number of aromatic nitrogens is 5. The first-order valence-corrected chi connectivity index (χ1v) is 6.23. The Labute approximate surface area is 110 Å². The van der Waals surface area contributed by atoms with Crippen LogP contribution in [0.1, 0.15) is 29.8 Å². The van der Waals surface area contributed by atoms with Gasteiger partial charge in [0.05, 0.1) is 0 Å². The summed E-state index contributed by atoms with van der Waals surface area (Å²) in [4.78, 5) is 18.2. The monoisotopic (exact) mass is 258 g/mol. The summed E-state index contributed by atoms with van der Waals surface area (Å²) in [5, 5.41) is 13.6. The number of amides is 1. The molecule has 3 rings (SSSR count). The summed E-state index contributed by atoms with van der Waals surface area (Å²) in [6, 6.07) is 3.84.